The third kappa shape index (κ3) is 5.84. The number of benzene rings is 2. The molecule has 0 radical (unpaired) electrons. The Balaban J connectivity index is 1.47. The molecule has 2 aromatic rings. The number of hydrogen-bond acceptors (Lipinski definition) is 7. The molecule has 0 saturated carbocycles. The van der Waals surface area contributed by atoms with E-state index in [1.807, 2.05) is 35.2 Å². The van der Waals surface area contributed by atoms with Crippen LogP contribution in [0.4, 0.5) is 11.4 Å². The molecule has 1 atom stereocenters. The molecular formula is C25H28N4O5S. The van der Waals surface area contributed by atoms with Crippen LogP contribution < -0.4 is 10.2 Å². The second kappa shape index (κ2) is 11.4. The molecule has 184 valence electrons. The summed E-state index contributed by atoms with van der Waals surface area (Å²) in [6.45, 7) is 4.25. The van der Waals surface area contributed by atoms with E-state index in [4.69, 9.17) is 21.7 Å². The fourth-order valence-corrected chi connectivity index (χ4v) is 4.59. The molecule has 2 heterocycles. The maximum Gasteiger partial charge on any atom is 0.337 e. The third-order valence-corrected chi connectivity index (χ3v) is 6.48. The number of nitrogens with zero attached hydrogens (tertiary/aromatic N) is 3. The van der Waals surface area contributed by atoms with Gasteiger partial charge in [0.2, 0.25) is 5.91 Å². The molecular weight excluding hydrogens is 468 g/mol. The van der Waals surface area contributed by atoms with Gasteiger partial charge in [-0.25, -0.2) is 4.79 Å². The predicted octanol–water partition coefficient (Wildman–Crippen LogP) is 2.14. The van der Waals surface area contributed by atoms with Gasteiger partial charge < -0.3 is 19.7 Å². The van der Waals surface area contributed by atoms with Crippen molar-refractivity contribution in [3.8, 4) is 0 Å². The number of hydrogen-bond donors (Lipinski definition) is 1. The molecule has 2 amide bonds. The summed E-state index contributed by atoms with van der Waals surface area (Å²) in [5.74, 6) is -0.993. The normalized spacial score (nSPS) is 18.6. The molecule has 4 rings (SSSR count). The molecule has 2 saturated heterocycles. The lowest BCUT2D eigenvalue weighted by Crippen LogP contribution is -2.45. The highest BCUT2D eigenvalue weighted by Gasteiger charge is 2.44. The maximum absolute atomic E-state index is 13.5. The summed E-state index contributed by atoms with van der Waals surface area (Å²) in [4.78, 5) is 43.6. The van der Waals surface area contributed by atoms with Crippen LogP contribution in [0.5, 0.6) is 0 Å². The number of carbonyl (C=O) groups is 3. The highest BCUT2D eigenvalue weighted by molar-refractivity contribution is 7.80. The minimum atomic E-state index is -0.710. The molecule has 0 spiro atoms. The Hall–Kier alpha value is -3.34. The lowest BCUT2D eigenvalue weighted by molar-refractivity contribution is -0.124. The van der Waals surface area contributed by atoms with Gasteiger partial charge in [-0.15, -0.1) is 0 Å². The van der Waals surface area contributed by atoms with E-state index in [9.17, 15) is 14.4 Å². The van der Waals surface area contributed by atoms with E-state index in [0.717, 1.165) is 13.1 Å². The number of anilines is 2. The quantitative estimate of drug-likeness (QED) is 0.439. The zero-order valence-corrected chi connectivity index (χ0v) is 20.3. The summed E-state index contributed by atoms with van der Waals surface area (Å²) in [6, 6.07) is 14.9. The standard InChI is InChI=1S/C25H28N4O5S/c1-33-24(32)18-7-9-19(10-8-18)26-22(30)17-21-23(31)29(20-5-3-2-4-6-20)25(35)28(21)12-11-27-13-15-34-16-14-27/h2-10,21H,11-17H2,1H3,(H,26,30). The van der Waals surface area contributed by atoms with Gasteiger partial charge in [0.05, 0.1) is 38.0 Å². The van der Waals surface area contributed by atoms with Crippen molar-refractivity contribution in [1.82, 2.24) is 9.80 Å². The van der Waals surface area contributed by atoms with Crippen LogP contribution in [-0.2, 0) is 19.1 Å². The summed E-state index contributed by atoms with van der Waals surface area (Å²) in [7, 11) is 1.31. The van der Waals surface area contributed by atoms with Gasteiger partial charge in [-0.2, -0.15) is 0 Å². The average molecular weight is 497 g/mol. The molecule has 1 N–H and O–H groups in total. The molecule has 0 bridgehead atoms. The van der Waals surface area contributed by atoms with Crippen molar-refractivity contribution in [1.29, 1.82) is 0 Å². The van der Waals surface area contributed by atoms with Crippen LogP contribution >= 0.6 is 12.2 Å². The van der Waals surface area contributed by atoms with Gasteiger partial charge in [0, 0.05) is 31.9 Å². The Morgan fingerprint density at radius 2 is 1.74 bits per heavy atom. The zero-order chi connectivity index (χ0) is 24.8. The Morgan fingerprint density at radius 1 is 1.06 bits per heavy atom. The average Bonchev–Trinajstić information content (AvgIpc) is 3.12. The van der Waals surface area contributed by atoms with Gasteiger partial charge in [0.25, 0.3) is 5.91 Å². The molecule has 1 unspecified atom stereocenters. The zero-order valence-electron chi connectivity index (χ0n) is 19.5. The number of methoxy groups -OCH3 is 1. The number of ether oxygens (including phenoxy) is 2. The number of morpholine rings is 1. The van der Waals surface area contributed by atoms with Crippen molar-refractivity contribution in [2.75, 3.05) is 56.7 Å². The van der Waals surface area contributed by atoms with E-state index in [0.29, 0.717) is 48.4 Å². The number of amides is 2. The summed E-state index contributed by atoms with van der Waals surface area (Å²) in [6.07, 6.45) is -0.0514. The molecule has 35 heavy (non-hydrogen) atoms. The van der Waals surface area contributed by atoms with Crippen LogP contribution in [0.3, 0.4) is 0 Å². The van der Waals surface area contributed by atoms with E-state index in [-0.39, 0.29) is 18.2 Å². The van der Waals surface area contributed by atoms with E-state index in [2.05, 4.69) is 10.2 Å². The van der Waals surface area contributed by atoms with Gasteiger partial charge in [-0.05, 0) is 48.6 Å². The maximum atomic E-state index is 13.5. The molecule has 2 aliphatic rings. The highest BCUT2D eigenvalue weighted by atomic mass is 32.1. The number of carbonyl (C=O) groups excluding carboxylic acids is 3. The summed E-state index contributed by atoms with van der Waals surface area (Å²) in [5.41, 5.74) is 1.59. The molecule has 0 aliphatic carbocycles. The van der Waals surface area contributed by atoms with Gasteiger partial charge in [-0.1, -0.05) is 18.2 Å². The summed E-state index contributed by atoms with van der Waals surface area (Å²) < 4.78 is 10.1. The van der Waals surface area contributed by atoms with Gasteiger partial charge in [0.1, 0.15) is 6.04 Å². The van der Waals surface area contributed by atoms with Crippen molar-refractivity contribution >= 4 is 46.5 Å². The minimum absolute atomic E-state index is 0.0514. The lowest BCUT2D eigenvalue weighted by Gasteiger charge is -2.30. The molecule has 0 aromatic heterocycles. The van der Waals surface area contributed by atoms with Crippen LogP contribution in [-0.4, -0.2) is 85.2 Å². The SMILES string of the molecule is COC(=O)c1ccc(NC(=O)CC2C(=O)N(c3ccccc3)C(=S)N2CCN2CCOCC2)cc1. The fourth-order valence-electron chi connectivity index (χ4n) is 4.17. The Morgan fingerprint density at radius 3 is 2.40 bits per heavy atom. The second-order valence-corrected chi connectivity index (χ2v) is 8.64. The Bertz CT molecular complexity index is 1070. The summed E-state index contributed by atoms with van der Waals surface area (Å²) in [5, 5.41) is 3.21. The van der Waals surface area contributed by atoms with Crippen LogP contribution in [0.25, 0.3) is 0 Å². The molecule has 2 aromatic carbocycles. The van der Waals surface area contributed by atoms with E-state index < -0.39 is 12.0 Å². The first-order chi connectivity index (χ1) is 17.0. The van der Waals surface area contributed by atoms with Gasteiger partial charge >= 0.3 is 5.97 Å². The van der Waals surface area contributed by atoms with Crippen molar-refractivity contribution in [2.45, 2.75) is 12.5 Å². The first kappa shape index (κ1) is 24.8. The number of rotatable bonds is 8. The number of thiocarbonyl (C=S) groups is 1. The largest absolute Gasteiger partial charge is 0.465 e. The Labute approximate surface area is 209 Å². The molecule has 9 nitrogen and oxygen atoms in total. The molecule has 2 fully saturated rings. The van der Waals surface area contributed by atoms with Crippen molar-refractivity contribution in [2.24, 2.45) is 0 Å². The van der Waals surface area contributed by atoms with Crippen LogP contribution in [0, 0.1) is 0 Å². The van der Waals surface area contributed by atoms with E-state index in [1.54, 1.807) is 24.3 Å². The van der Waals surface area contributed by atoms with Crippen molar-refractivity contribution in [3.05, 3.63) is 60.2 Å². The minimum Gasteiger partial charge on any atom is -0.465 e. The van der Waals surface area contributed by atoms with Crippen molar-refractivity contribution in [3.63, 3.8) is 0 Å². The van der Waals surface area contributed by atoms with Crippen LogP contribution in [0.2, 0.25) is 0 Å². The highest BCUT2D eigenvalue weighted by Crippen LogP contribution is 2.27. The first-order valence-electron chi connectivity index (χ1n) is 11.5. The van der Waals surface area contributed by atoms with Gasteiger partial charge in [-0.3, -0.25) is 19.4 Å². The third-order valence-electron chi connectivity index (χ3n) is 6.06. The predicted molar refractivity (Wildman–Crippen MR) is 135 cm³/mol. The lowest BCUT2D eigenvalue weighted by atomic mass is 10.1. The van der Waals surface area contributed by atoms with Crippen molar-refractivity contribution < 1.29 is 23.9 Å². The first-order valence-corrected chi connectivity index (χ1v) is 11.9. The topological polar surface area (TPSA) is 91.4 Å². The van der Waals surface area contributed by atoms with Crippen LogP contribution in [0.15, 0.2) is 54.6 Å². The smallest absolute Gasteiger partial charge is 0.337 e. The number of para-hydroxylation sites is 1. The summed E-state index contributed by atoms with van der Waals surface area (Å²) >= 11 is 5.71. The monoisotopic (exact) mass is 496 g/mol. The second-order valence-electron chi connectivity index (χ2n) is 8.28. The number of nitrogens with one attached hydrogen (secondary N) is 1. The molecule has 2 aliphatic heterocycles. The molecule has 10 heteroatoms. The fraction of sp³-hybridized carbons (Fsp3) is 0.360. The number of esters is 1. The van der Waals surface area contributed by atoms with Gasteiger partial charge in [0.15, 0.2) is 5.11 Å². The van der Waals surface area contributed by atoms with E-state index in [1.165, 1.54) is 12.0 Å². The Kier molecular flexibility index (Phi) is 8.06. The van der Waals surface area contributed by atoms with E-state index >= 15 is 0 Å². The van der Waals surface area contributed by atoms with Crippen LogP contribution in [0.1, 0.15) is 16.8 Å².